The summed E-state index contributed by atoms with van der Waals surface area (Å²) in [5.74, 6) is -1.03. The molecule has 0 fully saturated rings. The van der Waals surface area contributed by atoms with Crippen LogP contribution in [0.15, 0.2) is 30.0 Å². The minimum absolute atomic E-state index is 0.312. The lowest BCUT2D eigenvalue weighted by Crippen LogP contribution is -2.38. The summed E-state index contributed by atoms with van der Waals surface area (Å²) in [6, 6.07) is 5.67. The third-order valence-corrected chi connectivity index (χ3v) is 4.71. The van der Waals surface area contributed by atoms with Crippen LogP contribution in [0.5, 0.6) is 0 Å². The number of hydrogen-bond donors (Lipinski definition) is 0. The normalized spacial score (nSPS) is 14.4. The molecule has 28 heavy (non-hydrogen) atoms. The fraction of sp³-hybridized carbons (Fsp3) is 0.524. The molecular formula is C21H29FN2O4. The van der Waals surface area contributed by atoms with Crippen molar-refractivity contribution >= 4 is 17.4 Å². The molecule has 0 aliphatic carbocycles. The van der Waals surface area contributed by atoms with Crippen molar-refractivity contribution < 1.29 is 23.5 Å². The third-order valence-electron chi connectivity index (χ3n) is 4.71. The summed E-state index contributed by atoms with van der Waals surface area (Å²) in [5.41, 5.74) is 1.18. The maximum Gasteiger partial charge on any atom is 0.277 e. The Morgan fingerprint density at radius 2 is 1.57 bits per heavy atom. The quantitative estimate of drug-likeness (QED) is 0.404. The average molecular weight is 392 g/mol. The number of amides is 2. The van der Waals surface area contributed by atoms with Gasteiger partial charge in [-0.15, -0.1) is 0 Å². The number of unbranched alkanes of at least 4 members (excludes halogenated alkanes) is 2. The van der Waals surface area contributed by atoms with Gasteiger partial charge in [0.15, 0.2) is 0 Å². The van der Waals surface area contributed by atoms with Crippen molar-refractivity contribution in [1.82, 2.24) is 9.80 Å². The molecule has 0 saturated heterocycles. The molecule has 154 valence electrons. The fourth-order valence-electron chi connectivity index (χ4n) is 3.19. The number of hydrogen-bond acceptors (Lipinski definition) is 5. The van der Waals surface area contributed by atoms with Crippen LogP contribution in [0.25, 0.3) is 5.57 Å². The first kappa shape index (κ1) is 22.0. The number of halogens is 1. The summed E-state index contributed by atoms with van der Waals surface area (Å²) < 4.78 is 23.7. The van der Waals surface area contributed by atoms with E-state index in [1.807, 2.05) is 4.90 Å². The Kier molecular flexibility index (Phi) is 8.60. The predicted octanol–water partition coefficient (Wildman–Crippen LogP) is 2.69. The van der Waals surface area contributed by atoms with E-state index in [1.165, 1.54) is 29.2 Å². The maximum atomic E-state index is 13.4. The van der Waals surface area contributed by atoms with Crippen molar-refractivity contribution in [3.8, 4) is 0 Å². The van der Waals surface area contributed by atoms with E-state index in [4.69, 9.17) is 9.47 Å². The van der Waals surface area contributed by atoms with Crippen LogP contribution in [0.2, 0.25) is 0 Å². The minimum atomic E-state index is -0.391. The first-order valence-electron chi connectivity index (χ1n) is 9.64. The van der Waals surface area contributed by atoms with Crippen LogP contribution in [0.1, 0.15) is 31.7 Å². The highest BCUT2D eigenvalue weighted by Crippen LogP contribution is 2.32. The van der Waals surface area contributed by atoms with Crippen molar-refractivity contribution in [3.05, 3.63) is 41.3 Å². The molecule has 0 spiro atoms. The van der Waals surface area contributed by atoms with Crippen LogP contribution >= 0.6 is 0 Å². The molecule has 1 aliphatic rings. The van der Waals surface area contributed by atoms with Gasteiger partial charge in [-0.25, -0.2) is 4.39 Å². The Labute approximate surface area is 165 Å². The third kappa shape index (κ3) is 5.17. The lowest BCUT2D eigenvalue weighted by Gasteiger charge is -2.25. The average Bonchev–Trinajstić information content (AvgIpc) is 2.94. The Balaban J connectivity index is 2.44. The molecule has 1 aromatic rings. The topological polar surface area (TPSA) is 59.1 Å². The Morgan fingerprint density at radius 3 is 2.11 bits per heavy atom. The molecule has 1 heterocycles. The number of methoxy groups -OCH3 is 2. The highest BCUT2D eigenvalue weighted by atomic mass is 19.1. The van der Waals surface area contributed by atoms with E-state index in [0.29, 0.717) is 49.7 Å². The lowest BCUT2D eigenvalue weighted by molar-refractivity contribution is -0.137. The van der Waals surface area contributed by atoms with Crippen molar-refractivity contribution in [3.63, 3.8) is 0 Å². The van der Waals surface area contributed by atoms with Crippen molar-refractivity contribution in [2.45, 2.75) is 26.2 Å². The van der Waals surface area contributed by atoms with Gasteiger partial charge in [0.1, 0.15) is 11.5 Å². The number of imide groups is 1. The molecule has 0 atom stereocenters. The summed E-state index contributed by atoms with van der Waals surface area (Å²) in [6.07, 6.45) is 2.69. The number of rotatable bonds is 12. The second-order valence-corrected chi connectivity index (χ2v) is 6.67. The molecule has 2 amide bonds. The summed E-state index contributed by atoms with van der Waals surface area (Å²) in [4.78, 5) is 29.4. The molecule has 1 aliphatic heterocycles. The Bertz CT molecular complexity index is 695. The molecule has 2 rings (SSSR count). The number of benzene rings is 1. The molecule has 0 radical (unpaired) electrons. The minimum Gasteiger partial charge on any atom is -0.383 e. The number of ether oxygens (including phenoxy) is 2. The fourth-order valence-corrected chi connectivity index (χ4v) is 3.19. The number of nitrogens with zero attached hydrogens (tertiary/aromatic N) is 2. The molecule has 7 heteroatoms. The largest absolute Gasteiger partial charge is 0.383 e. The molecular weight excluding hydrogens is 363 g/mol. The van der Waals surface area contributed by atoms with Crippen molar-refractivity contribution in [1.29, 1.82) is 0 Å². The van der Waals surface area contributed by atoms with Crippen molar-refractivity contribution in [2.75, 3.05) is 47.1 Å². The molecule has 6 nitrogen and oxygen atoms in total. The zero-order valence-corrected chi connectivity index (χ0v) is 16.9. The van der Waals surface area contributed by atoms with Gasteiger partial charge >= 0.3 is 0 Å². The van der Waals surface area contributed by atoms with Gasteiger partial charge in [0.2, 0.25) is 0 Å². The SMILES string of the molecule is CCCCCN1C(=O)C(c2ccc(F)cc2)=C(N(CCOC)CCOC)C1=O. The maximum absolute atomic E-state index is 13.4. The van der Waals surface area contributed by atoms with Gasteiger partial charge < -0.3 is 14.4 Å². The molecule has 0 unspecified atom stereocenters. The van der Waals surface area contributed by atoms with E-state index in [-0.39, 0.29) is 11.8 Å². The summed E-state index contributed by atoms with van der Waals surface area (Å²) >= 11 is 0. The van der Waals surface area contributed by atoms with Gasteiger partial charge in [-0.05, 0) is 24.1 Å². The van der Waals surface area contributed by atoms with Crippen LogP contribution in [-0.4, -0.2) is 68.7 Å². The Hall–Kier alpha value is -2.25. The van der Waals surface area contributed by atoms with Gasteiger partial charge in [0.05, 0.1) is 18.8 Å². The lowest BCUT2D eigenvalue weighted by atomic mass is 10.0. The van der Waals surface area contributed by atoms with Gasteiger partial charge in [-0.2, -0.15) is 0 Å². The first-order chi connectivity index (χ1) is 13.5. The molecule has 0 aromatic heterocycles. The zero-order valence-electron chi connectivity index (χ0n) is 16.9. The van der Waals surface area contributed by atoms with Crippen LogP contribution in [0.3, 0.4) is 0 Å². The van der Waals surface area contributed by atoms with Crippen LogP contribution in [0.4, 0.5) is 4.39 Å². The standard InChI is InChI=1S/C21H29FN2O4/c1-4-5-6-11-24-20(25)18(16-7-9-17(22)10-8-16)19(21(24)26)23(12-14-27-2)13-15-28-3/h7-10H,4-6,11-15H2,1-3H3. The Morgan fingerprint density at radius 1 is 0.964 bits per heavy atom. The second kappa shape index (κ2) is 10.9. The van der Waals surface area contributed by atoms with E-state index in [9.17, 15) is 14.0 Å². The van der Waals surface area contributed by atoms with Crippen LogP contribution in [-0.2, 0) is 19.1 Å². The van der Waals surface area contributed by atoms with Gasteiger partial charge in [0.25, 0.3) is 11.8 Å². The van der Waals surface area contributed by atoms with E-state index in [0.717, 1.165) is 19.3 Å². The summed E-state index contributed by atoms with van der Waals surface area (Å²) in [6.45, 7) is 4.15. The summed E-state index contributed by atoms with van der Waals surface area (Å²) in [7, 11) is 3.17. The van der Waals surface area contributed by atoms with Crippen LogP contribution in [0, 0.1) is 5.82 Å². The highest BCUT2D eigenvalue weighted by molar-refractivity contribution is 6.35. The zero-order chi connectivity index (χ0) is 20.5. The number of carbonyl (C=O) groups excluding carboxylic acids is 2. The van der Waals surface area contributed by atoms with E-state index < -0.39 is 5.82 Å². The molecule has 0 saturated carbocycles. The number of carbonyl (C=O) groups is 2. The van der Waals surface area contributed by atoms with Gasteiger partial charge in [-0.1, -0.05) is 31.9 Å². The van der Waals surface area contributed by atoms with E-state index >= 15 is 0 Å². The smallest absolute Gasteiger partial charge is 0.277 e. The monoisotopic (exact) mass is 392 g/mol. The van der Waals surface area contributed by atoms with E-state index in [1.54, 1.807) is 14.2 Å². The van der Waals surface area contributed by atoms with Gasteiger partial charge in [0, 0.05) is 33.9 Å². The molecule has 1 aromatic carbocycles. The predicted molar refractivity (Wildman–Crippen MR) is 105 cm³/mol. The van der Waals surface area contributed by atoms with Crippen LogP contribution < -0.4 is 0 Å². The molecule has 0 N–H and O–H groups in total. The van der Waals surface area contributed by atoms with Gasteiger partial charge in [-0.3, -0.25) is 14.5 Å². The molecule has 0 bridgehead atoms. The second-order valence-electron chi connectivity index (χ2n) is 6.67. The summed E-state index contributed by atoms with van der Waals surface area (Å²) in [5, 5.41) is 0. The highest BCUT2D eigenvalue weighted by Gasteiger charge is 2.41. The van der Waals surface area contributed by atoms with Crippen molar-refractivity contribution in [2.24, 2.45) is 0 Å². The van der Waals surface area contributed by atoms with E-state index in [2.05, 4.69) is 6.92 Å². The first-order valence-corrected chi connectivity index (χ1v) is 9.64.